The SMILES string of the molecule is CC(=O)NCCNc1cc(NC(=O)C(=O)N2CCN(C/C=C/c3ccccc3)CC2)nc(-c2ccccc2)n1. The molecule has 0 aliphatic carbocycles. The molecule has 1 fully saturated rings. The summed E-state index contributed by atoms with van der Waals surface area (Å²) in [5.41, 5.74) is 1.91. The average Bonchev–Trinajstić information content (AvgIpc) is 2.96. The monoisotopic (exact) mass is 527 g/mol. The van der Waals surface area contributed by atoms with E-state index in [9.17, 15) is 14.4 Å². The van der Waals surface area contributed by atoms with Gasteiger partial charge >= 0.3 is 11.8 Å². The molecule has 0 unspecified atom stereocenters. The zero-order chi connectivity index (χ0) is 27.5. The van der Waals surface area contributed by atoms with Crippen molar-refractivity contribution < 1.29 is 14.4 Å². The van der Waals surface area contributed by atoms with Gasteiger partial charge in [-0.15, -0.1) is 0 Å². The lowest BCUT2D eigenvalue weighted by Gasteiger charge is -2.33. The zero-order valence-corrected chi connectivity index (χ0v) is 22.0. The Morgan fingerprint density at radius 2 is 1.54 bits per heavy atom. The van der Waals surface area contributed by atoms with Gasteiger partial charge in [0, 0.05) is 64.4 Å². The summed E-state index contributed by atoms with van der Waals surface area (Å²) < 4.78 is 0. The van der Waals surface area contributed by atoms with Gasteiger partial charge < -0.3 is 20.9 Å². The van der Waals surface area contributed by atoms with E-state index in [4.69, 9.17) is 0 Å². The second kappa shape index (κ2) is 13.8. The van der Waals surface area contributed by atoms with Gasteiger partial charge in [-0.3, -0.25) is 19.3 Å². The minimum Gasteiger partial charge on any atom is -0.368 e. The first-order chi connectivity index (χ1) is 19.0. The van der Waals surface area contributed by atoms with Gasteiger partial charge in [-0.1, -0.05) is 72.8 Å². The van der Waals surface area contributed by atoms with Crippen molar-refractivity contribution in [1.82, 2.24) is 25.1 Å². The maximum Gasteiger partial charge on any atom is 0.315 e. The molecule has 3 aromatic rings. The maximum atomic E-state index is 12.9. The molecular weight excluding hydrogens is 494 g/mol. The van der Waals surface area contributed by atoms with E-state index in [1.165, 1.54) is 6.92 Å². The van der Waals surface area contributed by atoms with Crippen molar-refractivity contribution in [2.75, 3.05) is 56.4 Å². The number of amides is 3. The van der Waals surface area contributed by atoms with Gasteiger partial charge in [-0.25, -0.2) is 9.97 Å². The molecule has 2 aromatic carbocycles. The predicted molar refractivity (Wildman–Crippen MR) is 152 cm³/mol. The molecule has 0 bridgehead atoms. The first-order valence-electron chi connectivity index (χ1n) is 12.9. The van der Waals surface area contributed by atoms with Crippen LogP contribution in [0.3, 0.4) is 0 Å². The van der Waals surface area contributed by atoms with Gasteiger partial charge in [0.25, 0.3) is 0 Å². The van der Waals surface area contributed by atoms with E-state index in [2.05, 4.69) is 55.1 Å². The van der Waals surface area contributed by atoms with Crippen LogP contribution in [0.4, 0.5) is 11.6 Å². The second-order valence-corrected chi connectivity index (χ2v) is 9.10. The van der Waals surface area contributed by atoms with E-state index in [-0.39, 0.29) is 11.7 Å². The van der Waals surface area contributed by atoms with Gasteiger partial charge in [0.1, 0.15) is 11.6 Å². The second-order valence-electron chi connectivity index (χ2n) is 9.10. The summed E-state index contributed by atoms with van der Waals surface area (Å²) in [4.78, 5) is 49.7. The number of hydrogen-bond donors (Lipinski definition) is 3. The predicted octanol–water partition coefficient (Wildman–Crippen LogP) is 2.49. The van der Waals surface area contributed by atoms with E-state index in [1.54, 1.807) is 11.0 Å². The third kappa shape index (κ3) is 8.47. The maximum absolute atomic E-state index is 12.9. The molecule has 2 heterocycles. The summed E-state index contributed by atoms with van der Waals surface area (Å²) in [5, 5.41) is 8.48. The Balaban J connectivity index is 1.34. The lowest BCUT2D eigenvalue weighted by atomic mass is 10.2. The zero-order valence-electron chi connectivity index (χ0n) is 22.0. The summed E-state index contributed by atoms with van der Waals surface area (Å²) in [6.45, 7) is 5.39. The number of hydrogen-bond acceptors (Lipinski definition) is 7. The number of anilines is 2. The number of nitrogens with one attached hydrogen (secondary N) is 3. The van der Waals surface area contributed by atoms with Gasteiger partial charge in [-0.05, 0) is 5.56 Å². The Morgan fingerprint density at radius 1 is 0.872 bits per heavy atom. The van der Waals surface area contributed by atoms with Crippen molar-refractivity contribution >= 4 is 35.4 Å². The lowest BCUT2D eigenvalue weighted by molar-refractivity contribution is -0.144. The van der Waals surface area contributed by atoms with Crippen LogP contribution < -0.4 is 16.0 Å². The third-order valence-electron chi connectivity index (χ3n) is 6.13. The smallest absolute Gasteiger partial charge is 0.315 e. The van der Waals surface area contributed by atoms with Crippen LogP contribution in [-0.4, -0.2) is 83.3 Å². The van der Waals surface area contributed by atoms with Crippen molar-refractivity contribution in [3.63, 3.8) is 0 Å². The summed E-state index contributed by atoms with van der Waals surface area (Å²) in [6, 6.07) is 21.0. The molecule has 1 saturated heterocycles. The molecule has 10 nitrogen and oxygen atoms in total. The number of benzene rings is 2. The van der Waals surface area contributed by atoms with Gasteiger partial charge in [0.2, 0.25) is 5.91 Å². The molecular formula is C29H33N7O3. The fourth-order valence-corrected chi connectivity index (χ4v) is 4.10. The fourth-order valence-electron chi connectivity index (χ4n) is 4.10. The lowest BCUT2D eigenvalue weighted by Crippen LogP contribution is -2.51. The molecule has 10 heteroatoms. The van der Waals surface area contributed by atoms with E-state index in [0.29, 0.717) is 50.9 Å². The highest BCUT2D eigenvalue weighted by Crippen LogP contribution is 2.20. The molecule has 1 aliphatic rings. The molecule has 1 aliphatic heterocycles. The number of carbonyl (C=O) groups excluding carboxylic acids is 3. The Hall–Kier alpha value is -4.57. The van der Waals surface area contributed by atoms with Crippen molar-refractivity contribution in [2.45, 2.75) is 6.92 Å². The highest BCUT2D eigenvalue weighted by molar-refractivity contribution is 6.39. The van der Waals surface area contributed by atoms with Crippen molar-refractivity contribution in [2.24, 2.45) is 0 Å². The highest BCUT2D eigenvalue weighted by atomic mass is 16.2. The van der Waals surface area contributed by atoms with Crippen LogP contribution in [-0.2, 0) is 14.4 Å². The van der Waals surface area contributed by atoms with Crippen LogP contribution in [0.5, 0.6) is 0 Å². The molecule has 3 N–H and O–H groups in total. The molecule has 0 radical (unpaired) electrons. The number of rotatable bonds is 9. The summed E-state index contributed by atoms with van der Waals surface area (Å²) in [7, 11) is 0. The van der Waals surface area contributed by atoms with Gasteiger partial charge in [0.05, 0.1) is 0 Å². The molecule has 202 valence electrons. The van der Waals surface area contributed by atoms with Crippen LogP contribution in [0.15, 0.2) is 72.8 Å². The highest BCUT2D eigenvalue weighted by Gasteiger charge is 2.26. The Labute approximate surface area is 228 Å². The van der Waals surface area contributed by atoms with E-state index >= 15 is 0 Å². The fraction of sp³-hybridized carbons (Fsp3) is 0.276. The van der Waals surface area contributed by atoms with Crippen molar-refractivity contribution in [3.05, 3.63) is 78.4 Å². The van der Waals surface area contributed by atoms with Crippen LogP contribution >= 0.6 is 0 Å². The van der Waals surface area contributed by atoms with Crippen LogP contribution in [0, 0.1) is 0 Å². The first-order valence-corrected chi connectivity index (χ1v) is 12.9. The number of carbonyl (C=O) groups is 3. The Bertz CT molecular complexity index is 1290. The quantitative estimate of drug-likeness (QED) is 0.289. The molecule has 1 aromatic heterocycles. The van der Waals surface area contributed by atoms with Gasteiger partial charge in [-0.2, -0.15) is 0 Å². The Morgan fingerprint density at radius 3 is 2.23 bits per heavy atom. The normalized spacial score (nSPS) is 13.7. The third-order valence-corrected chi connectivity index (χ3v) is 6.13. The van der Waals surface area contributed by atoms with E-state index < -0.39 is 11.8 Å². The molecule has 3 amide bonds. The van der Waals surface area contributed by atoms with Crippen LogP contribution in [0.2, 0.25) is 0 Å². The summed E-state index contributed by atoms with van der Waals surface area (Å²) in [6.07, 6.45) is 4.19. The molecule has 0 saturated carbocycles. The average molecular weight is 528 g/mol. The molecule has 39 heavy (non-hydrogen) atoms. The van der Waals surface area contributed by atoms with E-state index in [0.717, 1.165) is 17.7 Å². The van der Waals surface area contributed by atoms with Crippen molar-refractivity contribution in [1.29, 1.82) is 0 Å². The minimum atomic E-state index is -0.741. The Kier molecular flexibility index (Phi) is 9.74. The summed E-state index contributed by atoms with van der Waals surface area (Å²) in [5.74, 6) is -0.368. The summed E-state index contributed by atoms with van der Waals surface area (Å²) >= 11 is 0. The molecule has 0 atom stereocenters. The topological polar surface area (TPSA) is 120 Å². The van der Waals surface area contributed by atoms with Crippen LogP contribution in [0.25, 0.3) is 17.5 Å². The van der Waals surface area contributed by atoms with E-state index in [1.807, 2.05) is 48.5 Å². The number of aromatic nitrogens is 2. The molecule has 0 spiro atoms. The first kappa shape index (κ1) is 27.5. The van der Waals surface area contributed by atoms with Crippen LogP contribution in [0.1, 0.15) is 12.5 Å². The minimum absolute atomic E-state index is 0.125. The number of nitrogens with zero attached hydrogens (tertiary/aromatic N) is 4. The largest absolute Gasteiger partial charge is 0.368 e. The van der Waals surface area contributed by atoms with Crippen molar-refractivity contribution in [3.8, 4) is 11.4 Å². The van der Waals surface area contributed by atoms with Gasteiger partial charge in [0.15, 0.2) is 5.82 Å². The number of piperazine rings is 1. The standard InChI is InChI=1S/C29H33N7O3/c1-22(37)30-14-15-31-25-21-26(33-27(32-25)24-12-6-3-7-13-24)34-28(38)29(39)36-19-17-35(18-20-36)16-8-11-23-9-4-2-5-10-23/h2-13,21H,14-20H2,1H3,(H,30,37)(H2,31,32,33,34,38)/b11-8+. The molecule has 4 rings (SSSR count).